The third-order valence-corrected chi connectivity index (χ3v) is 3.58. The second kappa shape index (κ2) is 7.94. The van der Waals surface area contributed by atoms with Gasteiger partial charge in [-0.15, -0.1) is 12.4 Å². The first-order chi connectivity index (χ1) is 8.25. The number of aliphatic hydroxyl groups excluding tert-OH is 1. The van der Waals surface area contributed by atoms with Crippen molar-refractivity contribution in [3.8, 4) is 0 Å². The molecule has 2 aliphatic rings. The molecule has 3 unspecified atom stereocenters. The smallest absolute Gasteiger partial charge is 0.220 e. The van der Waals surface area contributed by atoms with Gasteiger partial charge < -0.3 is 20.5 Å². The average molecular weight is 279 g/mol. The highest BCUT2D eigenvalue weighted by Crippen LogP contribution is 2.16. The number of amides is 1. The van der Waals surface area contributed by atoms with E-state index >= 15 is 0 Å². The van der Waals surface area contributed by atoms with Crippen LogP contribution in [0.1, 0.15) is 25.7 Å². The zero-order valence-corrected chi connectivity index (χ0v) is 11.4. The molecule has 0 spiro atoms. The van der Waals surface area contributed by atoms with Crippen LogP contribution in [0.2, 0.25) is 0 Å². The molecule has 2 saturated heterocycles. The highest BCUT2D eigenvalue weighted by Gasteiger charge is 2.25. The summed E-state index contributed by atoms with van der Waals surface area (Å²) in [5.41, 5.74) is 0. The van der Waals surface area contributed by atoms with Crippen LogP contribution in [0.3, 0.4) is 0 Å². The summed E-state index contributed by atoms with van der Waals surface area (Å²) in [6, 6.07) is 0. The van der Waals surface area contributed by atoms with Gasteiger partial charge >= 0.3 is 0 Å². The Morgan fingerprint density at radius 1 is 1.44 bits per heavy atom. The number of halogens is 1. The summed E-state index contributed by atoms with van der Waals surface area (Å²) in [6.45, 7) is 2.83. The molecule has 0 aromatic carbocycles. The summed E-state index contributed by atoms with van der Waals surface area (Å²) < 4.78 is 5.47. The fourth-order valence-electron chi connectivity index (χ4n) is 2.42. The molecule has 2 fully saturated rings. The quantitative estimate of drug-likeness (QED) is 0.665. The molecule has 1 amide bonds. The molecule has 3 atom stereocenters. The van der Waals surface area contributed by atoms with Crippen LogP contribution >= 0.6 is 12.4 Å². The monoisotopic (exact) mass is 278 g/mol. The van der Waals surface area contributed by atoms with Gasteiger partial charge in [0.15, 0.2) is 0 Å². The summed E-state index contributed by atoms with van der Waals surface area (Å²) in [7, 11) is 0. The summed E-state index contributed by atoms with van der Waals surface area (Å²) in [6.07, 6.45) is 3.50. The first-order valence-electron chi connectivity index (χ1n) is 6.53. The van der Waals surface area contributed by atoms with Gasteiger partial charge in [-0.3, -0.25) is 4.79 Å². The minimum atomic E-state index is -0.325. The highest BCUT2D eigenvalue weighted by molar-refractivity contribution is 5.85. The van der Waals surface area contributed by atoms with Crippen molar-refractivity contribution < 1.29 is 14.6 Å². The number of ether oxygens (including phenoxy) is 1. The van der Waals surface area contributed by atoms with Crippen LogP contribution < -0.4 is 10.6 Å². The number of hydrogen-bond acceptors (Lipinski definition) is 4. The minimum absolute atomic E-state index is 0. The Hall–Kier alpha value is -0.360. The van der Waals surface area contributed by atoms with Crippen molar-refractivity contribution >= 4 is 18.3 Å². The molecular formula is C12H23ClN2O3. The zero-order chi connectivity index (χ0) is 12.1. The van der Waals surface area contributed by atoms with Crippen molar-refractivity contribution in [1.82, 2.24) is 10.6 Å². The molecular weight excluding hydrogens is 256 g/mol. The first kappa shape index (κ1) is 15.7. The van der Waals surface area contributed by atoms with Crippen molar-refractivity contribution in [3.05, 3.63) is 0 Å². The lowest BCUT2D eigenvalue weighted by molar-refractivity contribution is -0.122. The van der Waals surface area contributed by atoms with Crippen molar-refractivity contribution in [1.29, 1.82) is 0 Å². The molecule has 18 heavy (non-hydrogen) atoms. The molecule has 0 aromatic rings. The molecule has 0 radical (unpaired) electrons. The van der Waals surface area contributed by atoms with Crippen LogP contribution in [0.4, 0.5) is 0 Å². The van der Waals surface area contributed by atoms with E-state index in [1.54, 1.807) is 0 Å². The predicted molar refractivity (Wildman–Crippen MR) is 70.8 cm³/mol. The number of rotatable bonds is 5. The second-order valence-corrected chi connectivity index (χ2v) is 4.96. The van der Waals surface area contributed by atoms with Crippen LogP contribution in [0.25, 0.3) is 0 Å². The Kier molecular flexibility index (Phi) is 6.92. The fourth-order valence-corrected chi connectivity index (χ4v) is 2.42. The van der Waals surface area contributed by atoms with Crippen LogP contribution in [0.15, 0.2) is 0 Å². The molecule has 106 valence electrons. The fraction of sp³-hybridized carbons (Fsp3) is 0.917. The van der Waals surface area contributed by atoms with Crippen molar-refractivity contribution in [2.45, 2.75) is 37.9 Å². The lowest BCUT2D eigenvalue weighted by Gasteiger charge is -2.14. The number of β-amino-alcohol motifs (C(OH)–C–C–N with tert-alkyl or cyclic N) is 1. The number of carbonyl (C=O) groups excluding carboxylic acids is 1. The Bertz CT molecular complexity index is 260. The molecule has 5 nitrogen and oxygen atoms in total. The number of hydrogen-bond donors (Lipinski definition) is 3. The number of nitrogens with one attached hydrogen (secondary N) is 2. The maximum atomic E-state index is 11.6. The van der Waals surface area contributed by atoms with Crippen LogP contribution in [-0.2, 0) is 9.53 Å². The Morgan fingerprint density at radius 3 is 2.89 bits per heavy atom. The van der Waals surface area contributed by atoms with Gasteiger partial charge in [-0.25, -0.2) is 0 Å². The van der Waals surface area contributed by atoms with E-state index in [4.69, 9.17) is 4.74 Å². The Balaban J connectivity index is 0.00000162. The summed E-state index contributed by atoms with van der Waals surface area (Å²) in [5, 5.41) is 15.6. The van der Waals surface area contributed by atoms with E-state index in [-0.39, 0.29) is 36.4 Å². The average Bonchev–Trinajstić information content (AvgIpc) is 2.95. The maximum absolute atomic E-state index is 11.6. The van der Waals surface area contributed by atoms with Gasteiger partial charge in [-0.2, -0.15) is 0 Å². The van der Waals surface area contributed by atoms with Gasteiger partial charge in [0.2, 0.25) is 5.91 Å². The van der Waals surface area contributed by atoms with E-state index in [0.29, 0.717) is 19.5 Å². The molecule has 6 heteroatoms. The zero-order valence-electron chi connectivity index (χ0n) is 10.6. The highest BCUT2D eigenvalue weighted by atomic mass is 35.5. The molecule has 3 N–H and O–H groups in total. The molecule has 0 saturated carbocycles. The van der Waals surface area contributed by atoms with Crippen LogP contribution in [-0.4, -0.2) is 49.5 Å². The third kappa shape index (κ3) is 4.72. The predicted octanol–water partition coefficient (Wildman–Crippen LogP) is 0.0639. The molecule has 2 rings (SSSR count). The standard InChI is InChI=1S/C12H22N2O3.ClH/c15-11-8-13-6-9(11)7-14-12(16)4-3-10-2-1-5-17-10;/h9-11,13,15H,1-8H2,(H,14,16);1H. The van der Waals surface area contributed by atoms with Crippen LogP contribution in [0.5, 0.6) is 0 Å². The van der Waals surface area contributed by atoms with Gasteiger partial charge in [-0.05, 0) is 19.3 Å². The van der Waals surface area contributed by atoms with E-state index in [1.165, 1.54) is 0 Å². The summed E-state index contributed by atoms with van der Waals surface area (Å²) >= 11 is 0. The van der Waals surface area contributed by atoms with Gasteiger partial charge in [0.1, 0.15) is 0 Å². The van der Waals surface area contributed by atoms with Gasteiger partial charge in [0, 0.05) is 38.6 Å². The molecule has 0 bridgehead atoms. The van der Waals surface area contributed by atoms with Gasteiger partial charge in [0.05, 0.1) is 12.2 Å². The molecule has 0 aromatic heterocycles. The maximum Gasteiger partial charge on any atom is 0.220 e. The van der Waals surface area contributed by atoms with Crippen molar-refractivity contribution in [2.24, 2.45) is 5.92 Å². The Morgan fingerprint density at radius 2 is 2.28 bits per heavy atom. The van der Waals surface area contributed by atoms with Gasteiger partial charge in [-0.1, -0.05) is 0 Å². The third-order valence-electron chi connectivity index (χ3n) is 3.58. The van der Waals surface area contributed by atoms with E-state index in [1.807, 2.05) is 0 Å². The van der Waals surface area contributed by atoms with Crippen LogP contribution in [0, 0.1) is 5.92 Å². The SMILES string of the molecule is Cl.O=C(CCC1CCCO1)NCC1CNCC1O. The normalized spacial score (nSPS) is 31.1. The lowest BCUT2D eigenvalue weighted by Crippen LogP contribution is -2.34. The topological polar surface area (TPSA) is 70.6 Å². The van der Waals surface area contributed by atoms with E-state index < -0.39 is 0 Å². The van der Waals surface area contributed by atoms with E-state index in [0.717, 1.165) is 32.4 Å². The lowest BCUT2D eigenvalue weighted by atomic mass is 10.1. The number of carbonyl (C=O) groups is 1. The van der Waals surface area contributed by atoms with E-state index in [9.17, 15) is 9.90 Å². The minimum Gasteiger partial charge on any atom is -0.391 e. The van der Waals surface area contributed by atoms with Gasteiger partial charge in [0.25, 0.3) is 0 Å². The first-order valence-corrected chi connectivity index (χ1v) is 6.53. The molecule has 0 aliphatic carbocycles. The summed E-state index contributed by atoms with van der Waals surface area (Å²) in [5.74, 6) is 0.223. The molecule has 2 heterocycles. The van der Waals surface area contributed by atoms with Crippen molar-refractivity contribution in [2.75, 3.05) is 26.2 Å². The van der Waals surface area contributed by atoms with E-state index in [2.05, 4.69) is 10.6 Å². The summed E-state index contributed by atoms with van der Waals surface area (Å²) in [4.78, 5) is 11.6. The number of aliphatic hydroxyl groups is 1. The molecule has 2 aliphatic heterocycles. The van der Waals surface area contributed by atoms with Crippen molar-refractivity contribution in [3.63, 3.8) is 0 Å². The Labute approximate surface area is 114 Å². The largest absolute Gasteiger partial charge is 0.391 e. The second-order valence-electron chi connectivity index (χ2n) is 4.96.